The van der Waals surface area contributed by atoms with Crippen molar-refractivity contribution in [2.24, 2.45) is 5.92 Å². The van der Waals surface area contributed by atoms with E-state index in [-0.39, 0.29) is 11.9 Å². The predicted octanol–water partition coefficient (Wildman–Crippen LogP) is 5.34. The quantitative estimate of drug-likeness (QED) is 0.527. The Morgan fingerprint density at radius 3 is 2.60 bits per heavy atom. The van der Waals surface area contributed by atoms with E-state index in [9.17, 15) is 9.59 Å². The van der Waals surface area contributed by atoms with Crippen molar-refractivity contribution in [3.05, 3.63) is 83.4 Å². The number of hydrogen-bond acceptors (Lipinski definition) is 4. The highest BCUT2D eigenvalue weighted by Gasteiger charge is 2.60. The molecule has 2 bridgehead atoms. The molecule has 0 saturated carbocycles. The zero-order chi connectivity index (χ0) is 24.7. The molecule has 3 atom stereocenters. The number of anilines is 2. The van der Waals surface area contributed by atoms with E-state index < -0.39 is 17.7 Å². The van der Waals surface area contributed by atoms with Crippen molar-refractivity contribution >= 4 is 23.3 Å². The van der Waals surface area contributed by atoms with Crippen LogP contribution in [0.5, 0.6) is 11.5 Å². The van der Waals surface area contributed by atoms with Gasteiger partial charge in [-0.05, 0) is 57.5 Å². The van der Waals surface area contributed by atoms with Gasteiger partial charge in [0.2, 0.25) is 11.6 Å². The normalized spacial score (nSPS) is 22.5. The standard InChI is InChI=1S/C28H29N3O4/c1-5-34-22-13-9-12-20-24-23(26(32)29-21-15-14-17(2)16-18(21)3)28(4,35-25(20)22)31(27(33)30-24)19-10-7-6-8-11-19/h6-16,23-24H,5H2,1-4H3,(H,29,32)(H,30,33)/t23-,24-,28-/m0/s1. The van der Waals surface area contributed by atoms with Crippen LogP contribution >= 0.6 is 0 Å². The Morgan fingerprint density at radius 1 is 1.11 bits per heavy atom. The fourth-order valence-electron chi connectivity index (χ4n) is 5.17. The molecule has 1 saturated heterocycles. The molecule has 2 N–H and O–H groups in total. The summed E-state index contributed by atoms with van der Waals surface area (Å²) in [6, 6.07) is 19.8. The summed E-state index contributed by atoms with van der Waals surface area (Å²) in [5.41, 5.74) is 2.85. The Bertz CT molecular complexity index is 1290. The van der Waals surface area contributed by atoms with Crippen molar-refractivity contribution < 1.29 is 19.1 Å². The molecule has 35 heavy (non-hydrogen) atoms. The molecule has 2 aliphatic heterocycles. The molecule has 2 heterocycles. The molecule has 0 aliphatic carbocycles. The molecule has 0 radical (unpaired) electrons. The number of hydrogen-bond donors (Lipinski definition) is 2. The molecule has 3 amide bonds. The van der Waals surface area contributed by atoms with Crippen molar-refractivity contribution in [3.63, 3.8) is 0 Å². The Hall–Kier alpha value is -4.00. The molecule has 5 rings (SSSR count). The maximum atomic E-state index is 13.9. The lowest BCUT2D eigenvalue weighted by Crippen LogP contribution is -2.72. The van der Waals surface area contributed by atoms with Gasteiger partial charge < -0.3 is 20.1 Å². The number of nitrogens with zero attached hydrogens (tertiary/aromatic N) is 1. The average Bonchev–Trinajstić information content (AvgIpc) is 2.82. The van der Waals surface area contributed by atoms with E-state index in [2.05, 4.69) is 10.6 Å². The number of amides is 3. The van der Waals surface area contributed by atoms with Gasteiger partial charge in [0.1, 0.15) is 5.92 Å². The summed E-state index contributed by atoms with van der Waals surface area (Å²) in [7, 11) is 0. The first-order chi connectivity index (χ1) is 16.8. The summed E-state index contributed by atoms with van der Waals surface area (Å²) >= 11 is 0. The zero-order valence-corrected chi connectivity index (χ0v) is 20.3. The molecular weight excluding hydrogens is 442 g/mol. The van der Waals surface area contributed by atoms with Crippen LogP contribution in [0.1, 0.15) is 36.6 Å². The maximum absolute atomic E-state index is 13.9. The molecule has 3 aromatic rings. The van der Waals surface area contributed by atoms with Gasteiger partial charge in [0.25, 0.3) is 0 Å². The van der Waals surface area contributed by atoms with Gasteiger partial charge in [0.05, 0.1) is 12.6 Å². The van der Waals surface area contributed by atoms with E-state index in [1.54, 1.807) is 6.92 Å². The number of carbonyl (C=O) groups is 2. The molecule has 2 aliphatic rings. The van der Waals surface area contributed by atoms with Crippen molar-refractivity contribution in [1.29, 1.82) is 0 Å². The van der Waals surface area contributed by atoms with Gasteiger partial charge in [-0.25, -0.2) is 4.79 Å². The van der Waals surface area contributed by atoms with Crippen LogP contribution in [0.4, 0.5) is 16.2 Å². The van der Waals surface area contributed by atoms with Gasteiger partial charge in [-0.1, -0.05) is 48.0 Å². The first-order valence-electron chi connectivity index (χ1n) is 11.8. The smallest absolute Gasteiger partial charge is 0.325 e. The number of urea groups is 1. The number of fused-ring (bicyclic) bond motifs is 4. The zero-order valence-electron chi connectivity index (χ0n) is 20.3. The molecule has 0 aromatic heterocycles. The van der Waals surface area contributed by atoms with Crippen molar-refractivity contribution in [1.82, 2.24) is 5.32 Å². The minimum atomic E-state index is -1.31. The highest BCUT2D eigenvalue weighted by molar-refractivity contribution is 6.01. The Morgan fingerprint density at radius 2 is 1.89 bits per heavy atom. The van der Waals surface area contributed by atoms with Crippen LogP contribution in [0.3, 0.4) is 0 Å². The second-order valence-corrected chi connectivity index (χ2v) is 9.15. The van der Waals surface area contributed by atoms with Gasteiger partial charge in [-0.3, -0.25) is 9.69 Å². The highest BCUT2D eigenvalue weighted by Crippen LogP contribution is 2.52. The number of para-hydroxylation sites is 2. The first kappa shape index (κ1) is 22.8. The van der Waals surface area contributed by atoms with Crippen LogP contribution in [0.25, 0.3) is 0 Å². The Balaban J connectivity index is 1.64. The molecule has 3 aromatic carbocycles. The lowest BCUT2D eigenvalue weighted by atomic mass is 9.78. The van der Waals surface area contributed by atoms with Crippen LogP contribution < -0.4 is 25.0 Å². The highest BCUT2D eigenvalue weighted by atomic mass is 16.5. The molecule has 0 unspecified atom stereocenters. The van der Waals surface area contributed by atoms with Gasteiger partial charge in [-0.2, -0.15) is 0 Å². The second-order valence-electron chi connectivity index (χ2n) is 9.15. The fraction of sp³-hybridized carbons (Fsp3) is 0.286. The van der Waals surface area contributed by atoms with Crippen molar-refractivity contribution in [3.8, 4) is 11.5 Å². The number of rotatable bonds is 5. The van der Waals surface area contributed by atoms with E-state index in [4.69, 9.17) is 9.47 Å². The SMILES string of the molecule is CCOc1cccc2c1O[C@@]1(C)[C@H](C(=O)Nc3ccc(C)cc3C)[C@H]2NC(=O)N1c1ccccc1. The largest absolute Gasteiger partial charge is 0.490 e. The van der Waals surface area contributed by atoms with E-state index >= 15 is 0 Å². The Labute approximate surface area is 205 Å². The van der Waals surface area contributed by atoms with Gasteiger partial charge >= 0.3 is 6.03 Å². The Kier molecular flexibility index (Phi) is 5.63. The van der Waals surface area contributed by atoms with Crippen molar-refractivity contribution in [2.45, 2.75) is 39.5 Å². The second kappa shape index (κ2) is 8.65. The fourth-order valence-corrected chi connectivity index (χ4v) is 5.17. The van der Waals surface area contributed by atoms with E-state index in [1.807, 2.05) is 87.5 Å². The van der Waals surface area contributed by atoms with Gasteiger partial charge in [0, 0.05) is 16.9 Å². The van der Waals surface area contributed by atoms with Crippen LogP contribution in [-0.4, -0.2) is 24.3 Å². The third-order valence-corrected chi connectivity index (χ3v) is 6.73. The molecule has 7 nitrogen and oxygen atoms in total. The lowest BCUT2D eigenvalue weighted by Gasteiger charge is -2.54. The molecular formula is C28H29N3O4. The van der Waals surface area contributed by atoms with Crippen LogP contribution in [0.2, 0.25) is 0 Å². The van der Waals surface area contributed by atoms with E-state index in [0.717, 1.165) is 22.4 Å². The summed E-state index contributed by atoms with van der Waals surface area (Å²) in [4.78, 5) is 28.9. The maximum Gasteiger partial charge on any atom is 0.325 e. The topological polar surface area (TPSA) is 79.9 Å². The van der Waals surface area contributed by atoms with Crippen LogP contribution in [-0.2, 0) is 4.79 Å². The number of aryl methyl sites for hydroxylation is 2. The first-order valence-corrected chi connectivity index (χ1v) is 11.8. The van der Waals surface area contributed by atoms with Crippen LogP contribution in [0, 0.1) is 19.8 Å². The van der Waals surface area contributed by atoms with Crippen LogP contribution in [0.15, 0.2) is 66.7 Å². The molecule has 0 spiro atoms. The summed E-state index contributed by atoms with van der Waals surface area (Å²) < 4.78 is 12.5. The third-order valence-electron chi connectivity index (χ3n) is 6.73. The summed E-state index contributed by atoms with van der Waals surface area (Å²) in [5.74, 6) is 0.139. The summed E-state index contributed by atoms with van der Waals surface area (Å²) in [6.07, 6.45) is 0. The van der Waals surface area contributed by atoms with Gasteiger partial charge in [-0.15, -0.1) is 0 Å². The third kappa shape index (κ3) is 3.77. The lowest BCUT2D eigenvalue weighted by molar-refractivity contribution is -0.131. The average molecular weight is 472 g/mol. The number of carbonyl (C=O) groups excluding carboxylic acids is 2. The van der Waals surface area contributed by atoms with E-state index in [1.165, 1.54) is 4.90 Å². The molecule has 180 valence electrons. The molecule has 7 heteroatoms. The molecule has 1 fully saturated rings. The number of nitrogens with one attached hydrogen (secondary N) is 2. The monoisotopic (exact) mass is 471 g/mol. The predicted molar refractivity (Wildman–Crippen MR) is 135 cm³/mol. The number of benzene rings is 3. The minimum Gasteiger partial charge on any atom is -0.490 e. The summed E-state index contributed by atoms with van der Waals surface area (Å²) in [5, 5.41) is 6.17. The summed E-state index contributed by atoms with van der Waals surface area (Å²) in [6.45, 7) is 8.14. The van der Waals surface area contributed by atoms with E-state index in [0.29, 0.717) is 23.8 Å². The minimum absolute atomic E-state index is 0.238. The number of ether oxygens (including phenoxy) is 2. The van der Waals surface area contributed by atoms with Crippen molar-refractivity contribution in [2.75, 3.05) is 16.8 Å². The van der Waals surface area contributed by atoms with Gasteiger partial charge in [0.15, 0.2) is 11.5 Å².